The number of hydrogen-bond acceptors (Lipinski definition) is 2. The van der Waals surface area contributed by atoms with E-state index in [1.54, 1.807) is 24.4 Å². The van der Waals surface area contributed by atoms with Crippen LogP contribution in [0.25, 0.3) is 11.3 Å². The molecule has 0 saturated heterocycles. The van der Waals surface area contributed by atoms with Gasteiger partial charge in [0.2, 0.25) is 0 Å². The zero-order chi connectivity index (χ0) is 10.1. The van der Waals surface area contributed by atoms with Crippen LogP contribution in [0.15, 0.2) is 24.4 Å². The van der Waals surface area contributed by atoms with E-state index < -0.39 is 0 Å². The molecule has 0 aliphatic heterocycles. The zero-order valence-corrected chi connectivity index (χ0v) is 8.34. The largest absolute Gasteiger partial charge is 0.507 e. The zero-order valence-electron chi connectivity index (χ0n) is 7.58. The molecule has 2 N–H and O–H groups in total. The Morgan fingerprint density at radius 2 is 2.21 bits per heavy atom. The van der Waals surface area contributed by atoms with E-state index in [0.29, 0.717) is 10.6 Å². The van der Waals surface area contributed by atoms with Crippen molar-refractivity contribution in [2.75, 3.05) is 0 Å². The number of phenolic OH excluding ortho intramolecular Hbond substituents is 1. The number of aryl methyl sites for hydroxylation is 1. The van der Waals surface area contributed by atoms with Gasteiger partial charge in [0.1, 0.15) is 5.75 Å². The molecule has 72 valence electrons. The molecule has 0 fully saturated rings. The SMILES string of the molecule is Cc1cc(O)c(-c2ccn[nH]2)cc1Cl. The van der Waals surface area contributed by atoms with Crippen LogP contribution in [0.5, 0.6) is 5.75 Å². The van der Waals surface area contributed by atoms with Gasteiger partial charge in [-0.3, -0.25) is 5.10 Å². The minimum Gasteiger partial charge on any atom is -0.507 e. The van der Waals surface area contributed by atoms with E-state index in [4.69, 9.17) is 11.6 Å². The number of phenols is 1. The smallest absolute Gasteiger partial charge is 0.125 e. The third-order valence-corrected chi connectivity index (χ3v) is 2.48. The second-order valence-electron chi connectivity index (χ2n) is 3.09. The summed E-state index contributed by atoms with van der Waals surface area (Å²) in [4.78, 5) is 0. The minimum absolute atomic E-state index is 0.205. The lowest BCUT2D eigenvalue weighted by atomic mass is 10.1. The van der Waals surface area contributed by atoms with Crippen molar-refractivity contribution in [3.63, 3.8) is 0 Å². The predicted octanol–water partition coefficient (Wildman–Crippen LogP) is 2.74. The molecule has 4 heteroatoms. The Morgan fingerprint density at radius 1 is 1.43 bits per heavy atom. The summed E-state index contributed by atoms with van der Waals surface area (Å²) >= 11 is 5.96. The van der Waals surface area contributed by atoms with Crippen molar-refractivity contribution in [2.45, 2.75) is 6.92 Å². The van der Waals surface area contributed by atoms with Gasteiger partial charge in [0.25, 0.3) is 0 Å². The molecule has 0 aliphatic carbocycles. The number of aromatic nitrogens is 2. The third kappa shape index (κ3) is 1.46. The van der Waals surface area contributed by atoms with Crippen molar-refractivity contribution < 1.29 is 5.11 Å². The molecule has 0 spiro atoms. The second-order valence-corrected chi connectivity index (χ2v) is 3.50. The van der Waals surface area contributed by atoms with Gasteiger partial charge in [-0.25, -0.2) is 0 Å². The summed E-state index contributed by atoms with van der Waals surface area (Å²) in [5.74, 6) is 0.205. The second kappa shape index (κ2) is 3.35. The van der Waals surface area contributed by atoms with E-state index in [2.05, 4.69) is 10.2 Å². The van der Waals surface area contributed by atoms with Gasteiger partial charge in [0, 0.05) is 16.8 Å². The average Bonchev–Trinajstić information content (AvgIpc) is 2.64. The topological polar surface area (TPSA) is 48.9 Å². The number of halogens is 1. The summed E-state index contributed by atoms with van der Waals surface area (Å²) in [6.07, 6.45) is 1.63. The minimum atomic E-state index is 0.205. The van der Waals surface area contributed by atoms with E-state index in [0.717, 1.165) is 11.3 Å². The fourth-order valence-electron chi connectivity index (χ4n) is 1.29. The number of benzene rings is 1. The number of nitrogens with one attached hydrogen (secondary N) is 1. The van der Waals surface area contributed by atoms with Gasteiger partial charge < -0.3 is 5.11 Å². The molecule has 14 heavy (non-hydrogen) atoms. The molecule has 1 aromatic carbocycles. The molecule has 0 aliphatic rings. The fraction of sp³-hybridized carbons (Fsp3) is 0.100. The molecule has 1 heterocycles. The molecule has 2 aromatic rings. The van der Waals surface area contributed by atoms with Crippen LogP contribution >= 0.6 is 11.6 Å². The standard InChI is InChI=1S/C10H9ClN2O/c1-6-4-10(14)7(5-8(6)11)9-2-3-12-13-9/h2-5,14H,1H3,(H,12,13). The van der Waals surface area contributed by atoms with E-state index in [9.17, 15) is 5.11 Å². The Balaban J connectivity index is 2.60. The number of aromatic amines is 1. The molecular weight excluding hydrogens is 200 g/mol. The fourth-order valence-corrected chi connectivity index (χ4v) is 1.45. The summed E-state index contributed by atoms with van der Waals surface area (Å²) in [5, 5.41) is 16.9. The third-order valence-electron chi connectivity index (χ3n) is 2.07. The molecule has 0 unspecified atom stereocenters. The maximum Gasteiger partial charge on any atom is 0.125 e. The average molecular weight is 209 g/mol. The van der Waals surface area contributed by atoms with Crippen molar-refractivity contribution in [2.24, 2.45) is 0 Å². The molecule has 2 rings (SSSR count). The molecule has 0 bridgehead atoms. The van der Waals surface area contributed by atoms with E-state index >= 15 is 0 Å². The number of nitrogens with zero attached hydrogens (tertiary/aromatic N) is 1. The Morgan fingerprint density at radius 3 is 2.86 bits per heavy atom. The van der Waals surface area contributed by atoms with Crippen LogP contribution in [0.1, 0.15) is 5.56 Å². The van der Waals surface area contributed by atoms with Crippen molar-refractivity contribution in [3.8, 4) is 17.0 Å². The number of rotatable bonds is 1. The predicted molar refractivity (Wildman–Crippen MR) is 55.4 cm³/mol. The van der Waals surface area contributed by atoms with E-state index in [1.165, 1.54) is 0 Å². The first-order valence-corrected chi connectivity index (χ1v) is 4.55. The lowest BCUT2D eigenvalue weighted by Gasteiger charge is -2.04. The molecular formula is C10H9ClN2O. The number of aromatic hydroxyl groups is 1. The molecule has 1 aromatic heterocycles. The van der Waals surface area contributed by atoms with Crippen molar-refractivity contribution in [1.29, 1.82) is 0 Å². The Bertz CT molecular complexity index is 451. The maximum absolute atomic E-state index is 9.68. The molecule has 3 nitrogen and oxygen atoms in total. The summed E-state index contributed by atoms with van der Waals surface area (Å²) < 4.78 is 0. The van der Waals surface area contributed by atoms with Gasteiger partial charge in [0.05, 0.1) is 5.69 Å². The van der Waals surface area contributed by atoms with Gasteiger partial charge in [0.15, 0.2) is 0 Å². The number of H-pyrrole nitrogens is 1. The molecule has 0 atom stereocenters. The highest BCUT2D eigenvalue weighted by atomic mass is 35.5. The summed E-state index contributed by atoms with van der Waals surface area (Å²) in [7, 11) is 0. The first kappa shape index (κ1) is 9.09. The van der Waals surface area contributed by atoms with Crippen molar-refractivity contribution in [3.05, 3.63) is 35.0 Å². The summed E-state index contributed by atoms with van der Waals surface area (Å²) in [5.41, 5.74) is 2.27. The van der Waals surface area contributed by atoms with Gasteiger partial charge in [-0.2, -0.15) is 5.10 Å². The number of hydrogen-bond donors (Lipinski definition) is 2. The normalized spacial score (nSPS) is 10.4. The lowest BCUT2D eigenvalue weighted by Crippen LogP contribution is -1.82. The maximum atomic E-state index is 9.68. The highest BCUT2D eigenvalue weighted by molar-refractivity contribution is 6.31. The van der Waals surface area contributed by atoms with Gasteiger partial charge in [-0.15, -0.1) is 0 Å². The van der Waals surface area contributed by atoms with Crippen LogP contribution in [-0.2, 0) is 0 Å². The lowest BCUT2D eigenvalue weighted by molar-refractivity contribution is 0.476. The Labute approximate surface area is 86.3 Å². The van der Waals surface area contributed by atoms with Crippen LogP contribution in [-0.4, -0.2) is 15.3 Å². The molecule has 0 saturated carbocycles. The van der Waals surface area contributed by atoms with Gasteiger partial charge >= 0.3 is 0 Å². The summed E-state index contributed by atoms with van der Waals surface area (Å²) in [6, 6.07) is 5.14. The van der Waals surface area contributed by atoms with Crippen LogP contribution in [0.2, 0.25) is 5.02 Å². The first-order valence-electron chi connectivity index (χ1n) is 4.17. The van der Waals surface area contributed by atoms with Crippen LogP contribution in [0, 0.1) is 6.92 Å². The Kier molecular flexibility index (Phi) is 2.17. The van der Waals surface area contributed by atoms with Crippen LogP contribution in [0.3, 0.4) is 0 Å². The van der Waals surface area contributed by atoms with Crippen LogP contribution in [0.4, 0.5) is 0 Å². The highest BCUT2D eigenvalue weighted by Gasteiger charge is 2.08. The molecule has 0 radical (unpaired) electrons. The quantitative estimate of drug-likeness (QED) is 0.757. The summed E-state index contributed by atoms with van der Waals surface area (Å²) in [6.45, 7) is 1.85. The van der Waals surface area contributed by atoms with Crippen LogP contribution < -0.4 is 0 Å². The van der Waals surface area contributed by atoms with E-state index in [-0.39, 0.29) is 5.75 Å². The molecule has 0 amide bonds. The highest BCUT2D eigenvalue weighted by Crippen LogP contribution is 2.32. The first-order chi connectivity index (χ1) is 6.68. The van der Waals surface area contributed by atoms with Crippen molar-refractivity contribution >= 4 is 11.6 Å². The van der Waals surface area contributed by atoms with Crippen molar-refractivity contribution in [1.82, 2.24) is 10.2 Å². The van der Waals surface area contributed by atoms with E-state index in [1.807, 2.05) is 6.92 Å². The Hall–Kier alpha value is -1.48. The van der Waals surface area contributed by atoms with Gasteiger partial charge in [-0.1, -0.05) is 11.6 Å². The monoisotopic (exact) mass is 208 g/mol. The van der Waals surface area contributed by atoms with Gasteiger partial charge in [-0.05, 0) is 30.7 Å².